The number of ether oxygens (including phenoxy) is 2. The molecule has 4 aromatic rings. The van der Waals surface area contributed by atoms with Crippen LogP contribution in [0.3, 0.4) is 0 Å². The highest BCUT2D eigenvalue weighted by Crippen LogP contribution is 2.39. The quantitative estimate of drug-likeness (QED) is 0.328. The standard InChI is InChI=1S/C29H28O6/c1-16(2)34-28(32)24-13-18-9-5-7-11-20(18)22(26(24)30)15-23-21-12-8-6-10-19(21)14-25(27(23)31)29(33)35-17(3)4/h5-14,16-17,30-31H,15H2,1-4H3. The zero-order valence-electron chi connectivity index (χ0n) is 20.2. The van der Waals surface area contributed by atoms with Gasteiger partial charge in [0.1, 0.15) is 22.6 Å². The van der Waals surface area contributed by atoms with Gasteiger partial charge in [0.25, 0.3) is 0 Å². The summed E-state index contributed by atoms with van der Waals surface area (Å²) in [6, 6.07) is 18.0. The number of carbonyl (C=O) groups is 2. The van der Waals surface area contributed by atoms with Crippen molar-refractivity contribution in [2.24, 2.45) is 0 Å². The SMILES string of the molecule is CC(C)OC(=O)c1cc2ccccc2c(Cc2c(O)c(C(=O)OC(C)C)cc3ccccc23)c1O. The van der Waals surface area contributed by atoms with Crippen LogP contribution in [0.4, 0.5) is 0 Å². The first kappa shape index (κ1) is 24.1. The molecule has 0 bridgehead atoms. The predicted molar refractivity (Wildman–Crippen MR) is 135 cm³/mol. The Bertz CT molecular complexity index is 1330. The molecule has 4 rings (SSSR count). The van der Waals surface area contributed by atoms with Crippen LogP contribution in [0.1, 0.15) is 59.5 Å². The summed E-state index contributed by atoms with van der Waals surface area (Å²) in [5.41, 5.74) is 1.00. The molecule has 6 heteroatoms. The lowest BCUT2D eigenvalue weighted by Gasteiger charge is -2.18. The molecule has 0 unspecified atom stereocenters. The lowest BCUT2D eigenvalue weighted by molar-refractivity contribution is 0.0363. The van der Waals surface area contributed by atoms with Gasteiger partial charge >= 0.3 is 11.9 Å². The van der Waals surface area contributed by atoms with Crippen molar-refractivity contribution in [1.29, 1.82) is 0 Å². The molecule has 0 atom stereocenters. The Kier molecular flexibility index (Phi) is 6.65. The van der Waals surface area contributed by atoms with Crippen LogP contribution < -0.4 is 0 Å². The van der Waals surface area contributed by atoms with Gasteiger partial charge in [-0.15, -0.1) is 0 Å². The number of esters is 2. The van der Waals surface area contributed by atoms with E-state index < -0.39 is 11.9 Å². The lowest BCUT2D eigenvalue weighted by Crippen LogP contribution is -2.13. The highest BCUT2D eigenvalue weighted by Gasteiger charge is 2.24. The lowest BCUT2D eigenvalue weighted by atomic mass is 9.90. The molecule has 0 amide bonds. The highest BCUT2D eigenvalue weighted by atomic mass is 16.5. The molecule has 6 nitrogen and oxygen atoms in total. The van der Waals surface area contributed by atoms with E-state index in [2.05, 4.69) is 0 Å². The molecule has 0 radical (unpaired) electrons. The number of phenols is 2. The van der Waals surface area contributed by atoms with Gasteiger partial charge in [0, 0.05) is 17.5 Å². The van der Waals surface area contributed by atoms with Crippen LogP contribution in [0.25, 0.3) is 21.5 Å². The summed E-state index contributed by atoms with van der Waals surface area (Å²) in [6.45, 7) is 6.96. The first-order valence-corrected chi connectivity index (χ1v) is 11.6. The van der Waals surface area contributed by atoms with E-state index in [-0.39, 0.29) is 41.3 Å². The molecule has 35 heavy (non-hydrogen) atoms. The Morgan fingerprint density at radius 1 is 0.686 bits per heavy atom. The van der Waals surface area contributed by atoms with Gasteiger partial charge in [-0.05, 0) is 61.4 Å². The first-order chi connectivity index (χ1) is 16.7. The highest BCUT2D eigenvalue weighted by molar-refractivity contribution is 6.03. The third kappa shape index (κ3) is 4.78. The number of fused-ring (bicyclic) bond motifs is 2. The Hall–Kier alpha value is -4.06. The molecule has 0 aliphatic heterocycles. The summed E-state index contributed by atoms with van der Waals surface area (Å²) in [5.74, 6) is -1.69. The smallest absolute Gasteiger partial charge is 0.342 e. The Labute approximate surface area is 203 Å². The molecule has 4 aromatic carbocycles. The van der Waals surface area contributed by atoms with Crippen LogP contribution in [0, 0.1) is 0 Å². The number of phenolic OH excluding ortho intramolecular Hbond substituents is 2. The normalized spacial score (nSPS) is 11.4. The van der Waals surface area contributed by atoms with Crippen molar-refractivity contribution >= 4 is 33.5 Å². The van der Waals surface area contributed by atoms with Crippen molar-refractivity contribution in [3.05, 3.63) is 82.9 Å². The van der Waals surface area contributed by atoms with Gasteiger partial charge in [-0.2, -0.15) is 0 Å². The second-order valence-electron chi connectivity index (χ2n) is 9.03. The van der Waals surface area contributed by atoms with E-state index in [1.807, 2.05) is 48.5 Å². The van der Waals surface area contributed by atoms with E-state index in [9.17, 15) is 19.8 Å². The Balaban J connectivity index is 1.95. The summed E-state index contributed by atoms with van der Waals surface area (Å²) in [6.07, 6.45) is -0.633. The fourth-order valence-electron chi connectivity index (χ4n) is 4.22. The van der Waals surface area contributed by atoms with Crippen molar-refractivity contribution in [2.75, 3.05) is 0 Å². The van der Waals surface area contributed by atoms with Crippen LogP contribution in [0.15, 0.2) is 60.7 Å². The van der Waals surface area contributed by atoms with Gasteiger partial charge in [-0.1, -0.05) is 48.5 Å². The van der Waals surface area contributed by atoms with E-state index in [1.165, 1.54) is 0 Å². The Morgan fingerprint density at radius 2 is 1.06 bits per heavy atom. The van der Waals surface area contributed by atoms with Crippen molar-refractivity contribution in [2.45, 2.75) is 46.3 Å². The monoisotopic (exact) mass is 472 g/mol. The van der Waals surface area contributed by atoms with Gasteiger partial charge in [0.15, 0.2) is 0 Å². The van der Waals surface area contributed by atoms with Gasteiger partial charge in [0.05, 0.1) is 12.2 Å². The van der Waals surface area contributed by atoms with Crippen molar-refractivity contribution in [1.82, 2.24) is 0 Å². The fraction of sp³-hybridized carbons (Fsp3) is 0.241. The summed E-state index contributed by atoms with van der Waals surface area (Å²) in [4.78, 5) is 25.5. The average Bonchev–Trinajstić information content (AvgIpc) is 2.80. The third-order valence-electron chi connectivity index (χ3n) is 5.73. The molecule has 0 aromatic heterocycles. The molecule has 0 saturated heterocycles. The number of benzene rings is 4. The minimum Gasteiger partial charge on any atom is -0.507 e. The number of hydrogen-bond donors (Lipinski definition) is 2. The molecule has 0 aliphatic rings. The summed E-state index contributed by atoms with van der Waals surface area (Å²) in [5, 5.41) is 25.4. The molecule has 0 fully saturated rings. The fourth-order valence-corrected chi connectivity index (χ4v) is 4.22. The van der Waals surface area contributed by atoms with Gasteiger partial charge in [-0.3, -0.25) is 0 Å². The maximum absolute atomic E-state index is 12.8. The van der Waals surface area contributed by atoms with Gasteiger partial charge in [0.2, 0.25) is 0 Å². The second kappa shape index (κ2) is 9.66. The zero-order chi connectivity index (χ0) is 25.3. The number of rotatable bonds is 6. The van der Waals surface area contributed by atoms with Crippen molar-refractivity contribution in [3.8, 4) is 11.5 Å². The number of carbonyl (C=O) groups excluding carboxylic acids is 2. The van der Waals surface area contributed by atoms with Crippen LogP contribution in [0.5, 0.6) is 11.5 Å². The number of hydrogen-bond acceptors (Lipinski definition) is 6. The summed E-state index contributed by atoms with van der Waals surface area (Å²) >= 11 is 0. The van der Waals surface area contributed by atoms with E-state index in [4.69, 9.17) is 9.47 Å². The molecule has 0 aliphatic carbocycles. The van der Waals surface area contributed by atoms with Crippen LogP contribution in [0.2, 0.25) is 0 Å². The van der Waals surface area contributed by atoms with E-state index >= 15 is 0 Å². The third-order valence-corrected chi connectivity index (χ3v) is 5.73. The number of aromatic hydroxyl groups is 2. The second-order valence-corrected chi connectivity index (χ2v) is 9.03. The molecule has 0 saturated carbocycles. The van der Waals surface area contributed by atoms with Crippen LogP contribution >= 0.6 is 0 Å². The minimum atomic E-state index is -0.632. The average molecular weight is 473 g/mol. The largest absolute Gasteiger partial charge is 0.507 e. The summed E-state index contributed by atoms with van der Waals surface area (Å²) < 4.78 is 10.7. The maximum Gasteiger partial charge on any atom is 0.342 e. The minimum absolute atomic E-state index is 0.0477. The molecular formula is C29H28O6. The molecule has 0 heterocycles. The van der Waals surface area contributed by atoms with Crippen LogP contribution in [-0.4, -0.2) is 34.4 Å². The summed E-state index contributed by atoms with van der Waals surface area (Å²) in [7, 11) is 0. The molecule has 180 valence electrons. The van der Waals surface area contributed by atoms with E-state index in [1.54, 1.807) is 39.8 Å². The first-order valence-electron chi connectivity index (χ1n) is 11.6. The predicted octanol–water partition coefficient (Wildman–Crippen LogP) is 6.13. The van der Waals surface area contributed by atoms with Crippen molar-refractivity contribution in [3.63, 3.8) is 0 Å². The molecule has 0 spiro atoms. The topological polar surface area (TPSA) is 93.1 Å². The maximum atomic E-state index is 12.8. The van der Waals surface area contributed by atoms with Crippen molar-refractivity contribution < 1.29 is 29.3 Å². The van der Waals surface area contributed by atoms with Gasteiger partial charge < -0.3 is 19.7 Å². The Morgan fingerprint density at radius 3 is 1.43 bits per heavy atom. The van der Waals surface area contributed by atoms with Crippen LogP contribution in [-0.2, 0) is 15.9 Å². The van der Waals surface area contributed by atoms with E-state index in [0.717, 1.165) is 21.5 Å². The van der Waals surface area contributed by atoms with E-state index in [0.29, 0.717) is 11.1 Å². The van der Waals surface area contributed by atoms with Gasteiger partial charge in [-0.25, -0.2) is 9.59 Å². The molecular weight excluding hydrogens is 444 g/mol. The zero-order valence-corrected chi connectivity index (χ0v) is 20.2. The molecule has 2 N–H and O–H groups in total.